The Bertz CT molecular complexity index is 437. The SMILES string of the molecule is CCC[NH2+]C.O=S(=O)([N-]S(=O)(=O)C(F)(F)F)C(F)(F)F. The molecular weight excluding hydrogens is 342 g/mol. The van der Waals surface area contributed by atoms with Crippen molar-refractivity contribution in [1.29, 1.82) is 0 Å². The maximum absolute atomic E-state index is 11.4. The van der Waals surface area contributed by atoms with Gasteiger partial charge in [-0.05, 0) is 6.42 Å². The first kappa shape index (κ1) is 21.7. The van der Waals surface area contributed by atoms with Crippen molar-refractivity contribution in [3.05, 3.63) is 4.13 Å². The number of nitrogens with zero attached hydrogens (tertiary/aromatic N) is 1. The number of nitrogens with two attached hydrogens (primary N) is 1. The molecular formula is C6H12F6N2O4S2. The van der Waals surface area contributed by atoms with Gasteiger partial charge < -0.3 is 9.44 Å². The van der Waals surface area contributed by atoms with E-state index in [0.29, 0.717) is 0 Å². The van der Waals surface area contributed by atoms with Gasteiger partial charge in [0.1, 0.15) is 0 Å². The fraction of sp³-hybridized carbons (Fsp3) is 1.00. The number of alkyl halides is 6. The Balaban J connectivity index is 0. The number of rotatable bonds is 4. The summed E-state index contributed by atoms with van der Waals surface area (Å²) in [5, 5.41) is 2.18. The largest absolute Gasteiger partial charge is 0.480 e. The standard InChI is InChI=1S/C4H11N.C2F6NO4S2/c1-3-4-5-2;3-1(4,5)14(10,11)9-15(12,13)2(6,7)8/h5H,3-4H2,1-2H3;/q;-1/p+1. The average molecular weight is 354 g/mol. The summed E-state index contributed by atoms with van der Waals surface area (Å²) in [7, 11) is -11.4. The van der Waals surface area contributed by atoms with E-state index < -0.39 is 31.1 Å². The minimum atomic E-state index is -6.72. The molecule has 2 N–H and O–H groups in total. The Labute approximate surface area is 111 Å². The molecule has 14 heteroatoms. The van der Waals surface area contributed by atoms with Gasteiger partial charge in [0.15, 0.2) is 20.0 Å². The molecule has 0 amide bonds. The lowest BCUT2D eigenvalue weighted by molar-refractivity contribution is -0.626. The van der Waals surface area contributed by atoms with Gasteiger partial charge in [0, 0.05) is 0 Å². The molecule has 0 spiro atoms. The van der Waals surface area contributed by atoms with Crippen LogP contribution in [0.4, 0.5) is 26.3 Å². The van der Waals surface area contributed by atoms with Crippen LogP contribution in [0.15, 0.2) is 0 Å². The molecule has 0 heterocycles. The lowest BCUT2D eigenvalue weighted by Crippen LogP contribution is -2.79. The van der Waals surface area contributed by atoms with Crippen LogP contribution in [-0.4, -0.2) is 41.4 Å². The third-order valence-corrected chi connectivity index (χ3v) is 4.10. The Morgan fingerprint density at radius 2 is 1.20 bits per heavy atom. The summed E-state index contributed by atoms with van der Waals surface area (Å²) in [5.74, 6) is 0. The molecule has 124 valence electrons. The zero-order valence-electron chi connectivity index (χ0n) is 10.2. The van der Waals surface area contributed by atoms with Crippen LogP contribution >= 0.6 is 0 Å². The predicted molar refractivity (Wildman–Crippen MR) is 56.3 cm³/mol. The number of sulfonamides is 2. The van der Waals surface area contributed by atoms with E-state index in [1.54, 1.807) is 0 Å². The van der Waals surface area contributed by atoms with Gasteiger partial charge in [-0.2, -0.15) is 26.3 Å². The van der Waals surface area contributed by atoms with Crippen LogP contribution in [0.1, 0.15) is 13.3 Å². The fourth-order valence-electron chi connectivity index (χ4n) is 0.502. The van der Waals surface area contributed by atoms with E-state index in [0.717, 1.165) is 4.13 Å². The van der Waals surface area contributed by atoms with Gasteiger partial charge in [0.05, 0.1) is 13.6 Å². The molecule has 0 aliphatic carbocycles. The lowest BCUT2D eigenvalue weighted by Gasteiger charge is -2.22. The topological polar surface area (TPSA) is 99.0 Å². The molecule has 0 fully saturated rings. The lowest BCUT2D eigenvalue weighted by atomic mass is 10.5. The molecule has 0 saturated carbocycles. The van der Waals surface area contributed by atoms with Gasteiger partial charge >= 0.3 is 11.0 Å². The van der Waals surface area contributed by atoms with Crippen molar-refractivity contribution in [2.45, 2.75) is 24.4 Å². The number of hydrogen-bond acceptors (Lipinski definition) is 4. The summed E-state index contributed by atoms with van der Waals surface area (Å²) < 4.78 is 109. The number of halogens is 6. The summed E-state index contributed by atoms with van der Waals surface area (Å²) >= 11 is 0. The molecule has 6 nitrogen and oxygen atoms in total. The summed E-state index contributed by atoms with van der Waals surface area (Å²) in [6.45, 7) is 3.44. The van der Waals surface area contributed by atoms with Crippen molar-refractivity contribution in [2.75, 3.05) is 13.6 Å². The van der Waals surface area contributed by atoms with E-state index in [1.165, 1.54) is 13.0 Å². The highest BCUT2D eigenvalue weighted by atomic mass is 32.3. The normalized spacial score (nSPS) is 13.6. The molecule has 0 bridgehead atoms. The molecule has 0 aliphatic heterocycles. The van der Waals surface area contributed by atoms with E-state index in [4.69, 9.17) is 0 Å². The third-order valence-electron chi connectivity index (χ3n) is 1.36. The molecule has 0 aromatic carbocycles. The van der Waals surface area contributed by atoms with Crippen LogP contribution in [0.2, 0.25) is 0 Å². The Hall–Kier alpha value is -0.600. The predicted octanol–water partition coefficient (Wildman–Crippen LogP) is 0.649. The van der Waals surface area contributed by atoms with Crippen LogP contribution in [0.5, 0.6) is 0 Å². The highest BCUT2D eigenvalue weighted by molar-refractivity contribution is 8.13. The van der Waals surface area contributed by atoms with E-state index >= 15 is 0 Å². The van der Waals surface area contributed by atoms with E-state index in [-0.39, 0.29) is 0 Å². The monoisotopic (exact) mass is 354 g/mol. The zero-order valence-corrected chi connectivity index (χ0v) is 11.8. The van der Waals surface area contributed by atoms with E-state index in [9.17, 15) is 43.2 Å². The quantitative estimate of drug-likeness (QED) is 0.749. The first-order valence-electron chi connectivity index (χ1n) is 4.77. The number of hydrogen-bond donors (Lipinski definition) is 1. The molecule has 0 saturated heterocycles. The summed E-state index contributed by atoms with van der Waals surface area (Å²) in [4.78, 5) is 0. The van der Waals surface area contributed by atoms with Gasteiger partial charge in [0.2, 0.25) is 0 Å². The van der Waals surface area contributed by atoms with Crippen molar-refractivity contribution >= 4 is 20.0 Å². The Morgan fingerprint density at radius 3 is 1.30 bits per heavy atom. The average Bonchev–Trinajstić information content (AvgIpc) is 2.14. The summed E-state index contributed by atoms with van der Waals surface area (Å²) in [5.41, 5.74) is -12.4. The Morgan fingerprint density at radius 1 is 0.900 bits per heavy atom. The van der Waals surface area contributed by atoms with Crippen LogP contribution in [-0.2, 0) is 20.0 Å². The molecule has 0 atom stereocenters. The molecule has 0 radical (unpaired) electrons. The molecule has 0 aromatic heterocycles. The number of quaternary nitrogens is 1. The van der Waals surface area contributed by atoms with Gasteiger partial charge in [-0.3, -0.25) is 0 Å². The second-order valence-electron chi connectivity index (χ2n) is 3.11. The second kappa shape index (κ2) is 7.42. The molecule has 0 rings (SSSR count). The summed E-state index contributed by atoms with van der Waals surface area (Å²) in [6.07, 6.45) is 1.29. The third kappa shape index (κ3) is 7.25. The highest BCUT2D eigenvalue weighted by Gasteiger charge is 2.46. The van der Waals surface area contributed by atoms with Crippen LogP contribution in [0, 0.1) is 0 Å². The van der Waals surface area contributed by atoms with Crippen LogP contribution in [0.3, 0.4) is 0 Å². The van der Waals surface area contributed by atoms with Crippen molar-refractivity contribution in [3.63, 3.8) is 0 Å². The fourth-order valence-corrected chi connectivity index (χ4v) is 2.21. The molecule has 0 aromatic rings. The van der Waals surface area contributed by atoms with Gasteiger partial charge in [-0.25, -0.2) is 16.8 Å². The van der Waals surface area contributed by atoms with Crippen molar-refractivity contribution in [3.8, 4) is 0 Å². The zero-order chi connectivity index (χ0) is 16.8. The van der Waals surface area contributed by atoms with Gasteiger partial charge in [0.25, 0.3) is 0 Å². The van der Waals surface area contributed by atoms with Crippen molar-refractivity contribution in [2.24, 2.45) is 0 Å². The van der Waals surface area contributed by atoms with Crippen LogP contribution < -0.4 is 5.32 Å². The Kier molecular flexibility index (Phi) is 8.05. The maximum atomic E-state index is 11.4. The highest BCUT2D eigenvalue weighted by Crippen LogP contribution is 2.36. The first-order chi connectivity index (χ1) is 8.62. The minimum absolute atomic E-state index is 0.778. The first-order valence-corrected chi connectivity index (χ1v) is 7.65. The molecule has 20 heavy (non-hydrogen) atoms. The van der Waals surface area contributed by atoms with Gasteiger partial charge in [-0.1, -0.05) is 6.92 Å². The minimum Gasteiger partial charge on any atom is -0.421 e. The second-order valence-corrected chi connectivity index (χ2v) is 6.54. The van der Waals surface area contributed by atoms with Crippen LogP contribution in [0.25, 0.3) is 4.13 Å². The molecule has 0 unspecified atom stereocenters. The van der Waals surface area contributed by atoms with Crippen molar-refractivity contribution in [1.82, 2.24) is 0 Å². The summed E-state index contributed by atoms with van der Waals surface area (Å²) in [6, 6.07) is 0. The smallest absolute Gasteiger partial charge is 0.421 e. The molecule has 0 aliphatic rings. The maximum Gasteiger partial charge on any atom is 0.480 e. The van der Waals surface area contributed by atoms with Gasteiger partial charge in [-0.15, -0.1) is 0 Å². The van der Waals surface area contributed by atoms with Crippen molar-refractivity contribution < 1.29 is 48.5 Å². The van der Waals surface area contributed by atoms with E-state index in [2.05, 4.69) is 19.3 Å². The van der Waals surface area contributed by atoms with E-state index in [1.807, 2.05) is 0 Å².